The summed E-state index contributed by atoms with van der Waals surface area (Å²) in [4.78, 5) is 0. The quantitative estimate of drug-likeness (QED) is 0.674. The van der Waals surface area contributed by atoms with Crippen molar-refractivity contribution in [3.8, 4) is 0 Å². The summed E-state index contributed by atoms with van der Waals surface area (Å²) in [5, 5.41) is 0. The van der Waals surface area contributed by atoms with E-state index in [-0.39, 0.29) is 50.9 Å². The predicted octanol–water partition coefficient (Wildman–Crippen LogP) is 1.77. The molecule has 0 radical (unpaired) electrons. The molecule has 5 heteroatoms. The highest BCUT2D eigenvalue weighted by Crippen LogP contribution is 1.85. The van der Waals surface area contributed by atoms with Gasteiger partial charge in [0.05, 0.1) is 26.4 Å². The van der Waals surface area contributed by atoms with Crippen molar-refractivity contribution in [3.63, 3.8) is 0 Å². The Labute approximate surface area is 86.6 Å². The zero-order chi connectivity index (χ0) is 4.24. The fraction of sp³-hybridized carbons (Fsp3) is 1.00. The highest BCUT2D eigenvalue weighted by molar-refractivity contribution is 8.93. The third-order valence-electron chi connectivity index (χ3n) is 0.744. The molecule has 0 saturated carbocycles. The maximum absolute atomic E-state index is 4.94. The summed E-state index contributed by atoms with van der Waals surface area (Å²) < 4.78 is 9.89. The van der Waals surface area contributed by atoms with Crippen molar-refractivity contribution in [1.82, 2.24) is 0 Å². The molecule has 1 aliphatic heterocycles. The van der Waals surface area contributed by atoms with E-state index in [1.165, 1.54) is 0 Å². The zero-order valence-corrected chi connectivity index (χ0v) is 10.0. The van der Waals surface area contributed by atoms with E-state index in [1.54, 1.807) is 0 Å². The second-order valence-corrected chi connectivity index (χ2v) is 1.22. The van der Waals surface area contributed by atoms with Gasteiger partial charge in [-0.3, -0.25) is 0 Å². The molecule has 0 amide bonds. The van der Waals surface area contributed by atoms with Crippen LogP contribution >= 0.6 is 50.9 Å². The monoisotopic (exact) mass is 328 g/mol. The van der Waals surface area contributed by atoms with Crippen LogP contribution in [0.2, 0.25) is 0 Å². The van der Waals surface area contributed by atoms with E-state index in [9.17, 15) is 0 Å². The molecule has 2 nitrogen and oxygen atoms in total. The fourth-order valence-corrected chi connectivity index (χ4v) is 0.440. The Morgan fingerprint density at radius 3 is 0.889 bits per heavy atom. The van der Waals surface area contributed by atoms with E-state index in [4.69, 9.17) is 9.47 Å². The molecule has 0 N–H and O–H groups in total. The largest absolute Gasteiger partial charge is 0.377 e. The van der Waals surface area contributed by atoms with Crippen molar-refractivity contribution in [3.05, 3.63) is 0 Å². The van der Waals surface area contributed by atoms with Crippen molar-refractivity contribution >= 4 is 50.9 Å². The van der Waals surface area contributed by atoms with Crippen LogP contribution in [0.4, 0.5) is 0 Å². The third kappa shape index (κ3) is 9.36. The normalized spacial score (nSPS) is 16.0. The number of ether oxygens (including phenoxy) is 2. The van der Waals surface area contributed by atoms with Crippen LogP contribution in [0.25, 0.3) is 0 Å². The van der Waals surface area contributed by atoms with Crippen molar-refractivity contribution < 1.29 is 9.47 Å². The lowest BCUT2D eigenvalue weighted by Crippen LogP contribution is -2.16. The first-order valence-electron chi connectivity index (χ1n) is 2.15. The Morgan fingerprint density at radius 1 is 0.556 bits per heavy atom. The minimum atomic E-state index is 0. The highest BCUT2D eigenvalue weighted by Gasteiger charge is 1.94. The smallest absolute Gasteiger partial charge is 0.0701 e. The molecule has 0 aromatic heterocycles. The molecule has 0 aromatic rings. The van der Waals surface area contributed by atoms with Crippen LogP contribution in [0, 0.1) is 0 Å². The summed E-state index contributed by atoms with van der Waals surface area (Å²) in [6, 6.07) is 0. The summed E-state index contributed by atoms with van der Waals surface area (Å²) >= 11 is 0. The fourth-order valence-electron chi connectivity index (χ4n) is 0.440. The summed E-state index contributed by atoms with van der Waals surface area (Å²) in [7, 11) is 0. The molecule has 1 heterocycles. The Morgan fingerprint density at radius 2 is 0.778 bits per heavy atom. The molecule has 0 bridgehead atoms. The van der Waals surface area contributed by atoms with Crippen LogP contribution < -0.4 is 0 Å². The van der Waals surface area contributed by atoms with Crippen molar-refractivity contribution in [2.75, 3.05) is 26.4 Å². The Hall–Kier alpha value is 1.36. The van der Waals surface area contributed by atoms with Crippen LogP contribution in [-0.2, 0) is 9.47 Å². The van der Waals surface area contributed by atoms with Gasteiger partial charge < -0.3 is 9.47 Å². The SMILES string of the molecule is Br.Br.Br.C1COCCO1. The molecule has 1 fully saturated rings. The van der Waals surface area contributed by atoms with Gasteiger partial charge in [0, 0.05) is 0 Å². The molecule has 0 aromatic carbocycles. The van der Waals surface area contributed by atoms with Gasteiger partial charge in [-0.15, -0.1) is 50.9 Å². The van der Waals surface area contributed by atoms with E-state index < -0.39 is 0 Å². The van der Waals surface area contributed by atoms with E-state index >= 15 is 0 Å². The first-order chi connectivity index (χ1) is 3.00. The minimum Gasteiger partial charge on any atom is -0.377 e. The molecule has 1 saturated heterocycles. The lowest BCUT2D eigenvalue weighted by Gasteiger charge is -2.09. The Balaban J connectivity index is -0.000000120. The molecule has 0 atom stereocenters. The van der Waals surface area contributed by atoms with Gasteiger partial charge in [-0.05, 0) is 0 Å². The van der Waals surface area contributed by atoms with Gasteiger partial charge in [-0.1, -0.05) is 0 Å². The van der Waals surface area contributed by atoms with Crippen LogP contribution in [0.5, 0.6) is 0 Å². The first kappa shape index (κ1) is 16.8. The maximum atomic E-state index is 4.94. The van der Waals surface area contributed by atoms with E-state index in [0.29, 0.717) is 0 Å². The molecular weight excluding hydrogens is 320 g/mol. The maximum Gasteiger partial charge on any atom is 0.0701 e. The molecule has 60 valence electrons. The molecule has 1 aliphatic rings. The highest BCUT2D eigenvalue weighted by atomic mass is 79.9. The molecule has 9 heavy (non-hydrogen) atoms. The lowest BCUT2D eigenvalue weighted by molar-refractivity contribution is -0.0334. The number of hydrogen-bond acceptors (Lipinski definition) is 2. The minimum absolute atomic E-state index is 0. The van der Waals surface area contributed by atoms with Gasteiger partial charge in [0.1, 0.15) is 0 Å². The Bertz CT molecular complexity index is 29.3. The Kier molecular flexibility index (Phi) is 22.5. The van der Waals surface area contributed by atoms with Gasteiger partial charge in [0.25, 0.3) is 0 Å². The zero-order valence-electron chi connectivity index (χ0n) is 4.87. The third-order valence-corrected chi connectivity index (χ3v) is 0.744. The summed E-state index contributed by atoms with van der Waals surface area (Å²) in [6.45, 7) is 3.11. The van der Waals surface area contributed by atoms with Crippen LogP contribution in [0.15, 0.2) is 0 Å². The van der Waals surface area contributed by atoms with E-state index in [0.717, 1.165) is 26.4 Å². The molecule has 0 spiro atoms. The lowest BCUT2D eigenvalue weighted by atomic mass is 10.6. The van der Waals surface area contributed by atoms with E-state index in [1.807, 2.05) is 0 Å². The topological polar surface area (TPSA) is 18.5 Å². The van der Waals surface area contributed by atoms with Gasteiger partial charge in [0.15, 0.2) is 0 Å². The van der Waals surface area contributed by atoms with Crippen LogP contribution in [-0.4, -0.2) is 26.4 Å². The number of halogens is 3. The van der Waals surface area contributed by atoms with Crippen molar-refractivity contribution in [1.29, 1.82) is 0 Å². The molecule has 0 unspecified atom stereocenters. The van der Waals surface area contributed by atoms with Gasteiger partial charge >= 0.3 is 0 Å². The number of rotatable bonds is 0. The second kappa shape index (κ2) is 12.1. The summed E-state index contributed by atoms with van der Waals surface area (Å²) in [6.07, 6.45) is 0. The predicted molar refractivity (Wildman–Crippen MR) is 52.6 cm³/mol. The van der Waals surface area contributed by atoms with E-state index in [2.05, 4.69) is 0 Å². The molecule has 0 aliphatic carbocycles. The van der Waals surface area contributed by atoms with Crippen LogP contribution in [0.3, 0.4) is 0 Å². The van der Waals surface area contributed by atoms with Crippen LogP contribution in [0.1, 0.15) is 0 Å². The standard InChI is InChI=1S/C4H8O2.3BrH/c1-2-6-4-3-5-1;;;/h1-4H2;3*1H. The van der Waals surface area contributed by atoms with Gasteiger partial charge in [-0.25, -0.2) is 0 Å². The second-order valence-electron chi connectivity index (χ2n) is 1.22. The number of hydrogen-bond donors (Lipinski definition) is 0. The first-order valence-corrected chi connectivity index (χ1v) is 2.15. The average Bonchev–Trinajstić information content (AvgIpc) is 1.72. The average molecular weight is 331 g/mol. The van der Waals surface area contributed by atoms with Crippen molar-refractivity contribution in [2.45, 2.75) is 0 Å². The van der Waals surface area contributed by atoms with Gasteiger partial charge in [0.2, 0.25) is 0 Å². The van der Waals surface area contributed by atoms with Gasteiger partial charge in [-0.2, -0.15) is 0 Å². The molecule has 1 rings (SSSR count). The summed E-state index contributed by atoms with van der Waals surface area (Å²) in [5.41, 5.74) is 0. The molecular formula is C4H11Br3O2. The van der Waals surface area contributed by atoms with Crippen molar-refractivity contribution in [2.24, 2.45) is 0 Å². The summed E-state index contributed by atoms with van der Waals surface area (Å²) in [5.74, 6) is 0.